The van der Waals surface area contributed by atoms with Crippen LogP contribution in [-0.4, -0.2) is 25.2 Å². The maximum absolute atomic E-state index is 12.5. The molecule has 0 radical (unpaired) electrons. The van der Waals surface area contributed by atoms with Crippen LogP contribution in [-0.2, 0) is 12.7 Å². The van der Waals surface area contributed by atoms with Crippen molar-refractivity contribution in [1.82, 2.24) is 25.2 Å². The maximum Gasteiger partial charge on any atom is 0.416 e. The quantitative estimate of drug-likeness (QED) is 0.744. The Labute approximate surface area is 122 Å². The van der Waals surface area contributed by atoms with E-state index in [2.05, 4.69) is 20.5 Å². The lowest BCUT2D eigenvalue weighted by atomic mass is 10.1. The van der Waals surface area contributed by atoms with E-state index < -0.39 is 11.7 Å². The third-order valence-electron chi connectivity index (χ3n) is 3.03. The Bertz CT molecular complexity index is 776. The van der Waals surface area contributed by atoms with Gasteiger partial charge >= 0.3 is 6.18 Å². The highest BCUT2D eigenvalue weighted by Crippen LogP contribution is 2.30. The van der Waals surface area contributed by atoms with Crippen molar-refractivity contribution < 1.29 is 17.6 Å². The average molecular weight is 309 g/mol. The van der Waals surface area contributed by atoms with Gasteiger partial charge in [0, 0.05) is 5.56 Å². The molecule has 0 amide bonds. The summed E-state index contributed by atoms with van der Waals surface area (Å²) in [6.07, 6.45) is -2.94. The first kappa shape index (κ1) is 14.2. The zero-order valence-corrected chi connectivity index (χ0v) is 11.4. The van der Waals surface area contributed by atoms with Gasteiger partial charge in [0.2, 0.25) is 5.89 Å². The summed E-state index contributed by atoms with van der Waals surface area (Å²) < 4.78 is 44.4. The fourth-order valence-electron chi connectivity index (χ4n) is 1.86. The lowest BCUT2D eigenvalue weighted by Crippen LogP contribution is -2.04. The fourth-order valence-corrected chi connectivity index (χ4v) is 1.86. The zero-order valence-electron chi connectivity index (χ0n) is 11.4. The summed E-state index contributed by atoms with van der Waals surface area (Å²) in [6, 6.07) is 4.62. The van der Waals surface area contributed by atoms with Crippen LogP contribution in [0, 0.1) is 6.92 Å². The van der Waals surface area contributed by atoms with Gasteiger partial charge in [-0.25, -0.2) is 9.67 Å². The van der Waals surface area contributed by atoms with Crippen molar-refractivity contribution in [2.24, 2.45) is 0 Å². The van der Waals surface area contributed by atoms with Gasteiger partial charge in [-0.1, -0.05) is 0 Å². The van der Waals surface area contributed by atoms with E-state index in [4.69, 9.17) is 4.42 Å². The molecule has 0 N–H and O–H groups in total. The number of rotatable bonds is 3. The Morgan fingerprint density at radius 3 is 2.50 bits per heavy atom. The van der Waals surface area contributed by atoms with Crippen molar-refractivity contribution >= 4 is 0 Å². The van der Waals surface area contributed by atoms with Gasteiger partial charge in [0.25, 0.3) is 0 Å². The molecule has 6 nitrogen and oxygen atoms in total. The molecule has 0 saturated heterocycles. The van der Waals surface area contributed by atoms with Gasteiger partial charge in [0.05, 0.1) is 12.1 Å². The Morgan fingerprint density at radius 1 is 1.18 bits per heavy atom. The number of benzene rings is 1. The van der Waals surface area contributed by atoms with Crippen molar-refractivity contribution in [3.8, 4) is 11.5 Å². The van der Waals surface area contributed by atoms with Gasteiger partial charge in [-0.05, 0) is 41.6 Å². The summed E-state index contributed by atoms with van der Waals surface area (Å²) in [7, 11) is 0. The first-order valence-corrected chi connectivity index (χ1v) is 6.28. The maximum atomic E-state index is 12.5. The monoisotopic (exact) mass is 309 g/mol. The van der Waals surface area contributed by atoms with Crippen molar-refractivity contribution in [2.75, 3.05) is 0 Å². The molecular weight excluding hydrogens is 299 g/mol. The van der Waals surface area contributed by atoms with Crippen molar-refractivity contribution in [2.45, 2.75) is 19.6 Å². The molecule has 0 aliphatic heterocycles. The van der Waals surface area contributed by atoms with Gasteiger partial charge in [-0.15, -0.1) is 5.10 Å². The second-order valence-electron chi connectivity index (χ2n) is 4.60. The van der Waals surface area contributed by atoms with E-state index >= 15 is 0 Å². The largest absolute Gasteiger partial charge is 0.444 e. The molecule has 114 valence electrons. The number of hydrogen-bond donors (Lipinski definition) is 0. The second-order valence-corrected chi connectivity index (χ2v) is 4.60. The van der Waals surface area contributed by atoms with Gasteiger partial charge in [0.1, 0.15) is 17.8 Å². The summed E-state index contributed by atoms with van der Waals surface area (Å²) in [4.78, 5) is 4.22. The van der Waals surface area contributed by atoms with Crippen molar-refractivity contribution in [1.29, 1.82) is 0 Å². The van der Waals surface area contributed by atoms with Gasteiger partial charge < -0.3 is 4.42 Å². The van der Waals surface area contributed by atoms with Crippen LogP contribution < -0.4 is 0 Å². The third-order valence-corrected chi connectivity index (χ3v) is 3.03. The van der Waals surface area contributed by atoms with E-state index in [1.807, 2.05) is 0 Å². The van der Waals surface area contributed by atoms with E-state index in [-0.39, 0.29) is 5.89 Å². The van der Waals surface area contributed by atoms with Crippen LogP contribution in [0.4, 0.5) is 13.2 Å². The van der Waals surface area contributed by atoms with Crippen LogP contribution in [0.2, 0.25) is 0 Å². The number of halogens is 3. The summed E-state index contributed by atoms with van der Waals surface area (Å²) in [5.74, 6) is 0.869. The summed E-state index contributed by atoms with van der Waals surface area (Å²) >= 11 is 0. The highest BCUT2D eigenvalue weighted by Gasteiger charge is 2.30. The molecule has 22 heavy (non-hydrogen) atoms. The fraction of sp³-hybridized carbons (Fsp3) is 0.231. The normalized spacial score (nSPS) is 11.8. The van der Waals surface area contributed by atoms with Crippen molar-refractivity contribution in [3.05, 3.63) is 47.6 Å². The molecule has 2 heterocycles. The summed E-state index contributed by atoms with van der Waals surface area (Å²) in [5, 5.41) is 11.0. The first-order chi connectivity index (χ1) is 10.4. The number of hydrogen-bond acceptors (Lipinski definition) is 5. The molecule has 0 aliphatic carbocycles. The van der Waals surface area contributed by atoms with E-state index in [1.165, 1.54) is 23.1 Å². The molecule has 0 saturated carbocycles. The van der Waals surface area contributed by atoms with E-state index in [0.717, 1.165) is 12.1 Å². The SMILES string of the molecule is Cc1nnnn1Cc1coc(-c2ccc(C(F)(F)F)cc2)n1. The second kappa shape index (κ2) is 5.24. The Balaban J connectivity index is 1.80. The molecule has 1 aromatic carbocycles. The molecule has 0 bridgehead atoms. The van der Waals surface area contributed by atoms with Crippen LogP contribution >= 0.6 is 0 Å². The molecule has 3 aromatic rings. The van der Waals surface area contributed by atoms with E-state index in [9.17, 15) is 13.2 Å². The minimum Gasteiger partial charge on any atom is -0.444 e. The number of nitrogens with zero attached hydrogens (tertiary/aromatic N) is 5. The molecule has 9 heteroatoms. The molecule has 0 aliphatic rings. The molecule has 0 spiro atoms. The highest BCUT2D eigenvalue weighted by molar-refractivity contribution is 5.53. The number of aromatic nitrogens is 5. The standard InChI is InChI=1S/C13H10F3N5O/c1-8-18-19-20-21(8)6-11-7-22-12(17-11)9-2-4-10(5-3-9)13(14,15)16/h2-5,7H,6H2,1H3. The molecule has 0 unspecified atom stereocenters. The minimum absolute atomic E-state index is 0.245. The number of tetrazole rings is 1. The zero-order chi connectivity index (χ0) is 15.7. The van der Waals surface area contributed by atoms with Gasteiger partial charge in [-0.3, -0.25) is 0 Å². The molecule has 0 fully saturated rings. The first-order valence-electron chi connectivity index (χ1n) is 6.28. The number of alkyl halides is 3. The predicted octanol–water partition coefficient (Wildman–Crippen LogP) is 2.70. The summed E-state index contributed by atoms with van der Waals surface area (Å²) in [6.45, 7) is 2.07. The molecule has 2 aromatic heterocycles. The Morgan fingerprint density at radius 2 is 1.91 bits per heavy atom. The third kappa shape index (κ3) is 2.83. The van der Waals surface area contributed by atoms with Crippen LogP contribution in [0.1, 0.15) is 17.1 Å². The predicted molar refractivity (Wildman–Crippen MR) is 68.6 cm³/mol. The molecule has 0 atom stereocenters. The smallest absolute Gasteiger partial charge is 0.416 e. The highest BCUT2D eigenvalue weighted by atomic mass is 19.4. The summed E-state index contributed by atoms with van der Waals surface area (Å²) in [5.41, 5.74) is 0.324. The molecular formula is C13H10F3N5O. The van der Waals surface area contributed by atoms with Crippen LogP contribution in [0.25, 0.3) is 11.5 Å². The average Bonchev–Trinajstić information content (AvgIpc) is 3.09. The van der Waals surface area contributed by atoms with Crippen molar-refractivity contribution in [3.63, 3.8) is 0 Å². The Hall–Kier alpha value is -2.71. The van der Waals surface area contributed by atoms with Crippen LogP contribution in [0.5, 0.6) is 0 Å². The van der Waals surface area contributed by atoms with E-state index in [1.54, 1.807) is 6.92 Å². The van der Waals surface area contributed by atoms with E-state index in [0.29, 0.717) is 23.6 Å². The topological polar surface area (TPSA) is 69.6 Å². The van der Waals surface area contributed by atoms with Gasteiger partial charge in [-0.2, -0.15) is 13.2 Å². The Kier molecular flexibility index (Phi) is 3.39. The lowest BCUT2D eigenvalue weighted by Gasteiger charge is -2.06. The van der Waals surface area contributed by atoms with Gasteiger partial charge in [0.15, 0.2) is 0 Å². The number of aryl methyl sites for hydroxylation is 1. The lowest BCUT2D eigenvalue weighted by molar-refractivity contribution is -0.137. The number of oxazole rings is 1. The van der Waals surface area contributed by atoms with Crippen LogP contribution in [0.3, 0.4) is 0 Å². The van der Waals surface area contributed by atoms with Crippen LogP contribution in [0.15, 0.2) is 34.9 Å². The minimum atomic E-state index is -4.36. The molecule has 3 rings (SSSR count).